The van der Waals surface area contributed by atoms with E-state index in [0.29, 0.717) is 17.9 Å². The molecule has 0 aliphatic rings. The van der Waals surface area contributed by atoms with Crippen LogP contribution in [0.3, 0.4) is 0 Å². The Balaban J connectivity index is 2.39. The van der Waals surface area contributed by atoms with Crippen LogP contribution < -0.4 is 15.6 Å². The first kappa shape index (κ1) is 12.3. The Morgan fingerprint density at radius 1 is 1.44 bits per heavy atom. The second-order valence-corrected chi connectivity index (χ2v) is 3.85. The van der Waals surface area contributed by atoms with Crippen molar-refractivity contribution in [3.63, 3.8) is 0 Å². The van der Waals surface area contributed by atoms with E-state index in [1.54, 1.807) is 20.4 Å². The van der Waals surface area contributed by atoms with Crippen molar-refractivity contribution in [1.29, 1.82) is 0 Å². The predicted octanol–water partition coefficient (Wildman–Crippen LogP) is 1.16. The molecule has 2 rings (SSSR count). The molecule has 0 amide bonds. The van der Waals surface area contributed by atoms with Crippen LogP contribution in [-0.2, 0) is 6.54 Å². The molecule has 1 aromatic heterocycles. The summed E-state index contributed by atoms with van der Waals surface area (Å²) in [6.07, 6.45) is 1.59. The van der Waals surface area contributed by atoms with Gasteiger partial charge in [0, 0.05) is 23.9 Å². The summed E-state index contributed by atoms with van der Waals surface area (Å²) in [7, 11) is 3.39. The maximum absolute atomic E-state index is 11.8. The zero-order chi connectivity index (χ0) is 13.0. The zero-order valence-corrected chi connectivity index (χ0v) is 10.4. The molecule has 0 atom stereocenters. The molecular formula is C13H15N3O2. The molecule has 5 heteroatoms. The Morgan fingerprint density at radius 3 is 2.94 bits per heavy atom. The van der Waals surface area contributed by atoms with Gasteiger partial charge in [0.15, 0.2) is 0 Å². The number of ether oxygens (including phenoxy) is 1. The minimum Gasteiger partial charge on any atom is -0.497 e. The average molecular weight is 245 g/mol. The maximum atomic E-state index is 11.8. The van der Waals surface area contributed by atoms with Gasteiger partial charge in [-0.3, -0.25) is 4.79 Å². The van der Waals surface area contributed by atoms with Gasteiger partial charge in [0.1, 0.15) is 11.6 Å². The molecule has 2 N–H and O–H groups in total. The predicted molar refractivity (Wildman–Crippen MR) is 69.6 cm³/mol. The zero-order valence-electron chi connectivity index (χ0n) is 10.4. The van der Waals surface area contributed by atoms with Crippen molar-refractivity contribution in [2.45, 2.75) is 6.54 Å². The number of aromatic amines is 1. The summed E-state index contributed by atoms with van der Waals surface area (Å²) in [4.78, 5) is 18.8. The van der Waals surface area contributed by atoms with Gasteiger partial charge >= 0.3 is 0 Å². The third kappa shape index (κ3) is 2.57. The molecule has 2 aromatic rings. The number of H-pyrrole nitrogens is 1. The molecule has 0 spiro atoms. The fourth-order valence-electron chi connectivity index (χ4n) is 1.65. The number of methoxy groups -OCH3 is 1. The van der Waals surface area contributed by atoms with Crippen LogP contribution in [0.2, 0.25) is 0 Å². The van der Waals surface area contributed by atoms with E-state index in [9.17, 15) is 4.79 Å². The van der Waals surface area contributed by atoms with Crippen molar-refractivity contribution in [1.82, 2.24) is 15.3 Å². The van der Waals surface area contributed by atoms with Crippen LogP contribution in [0.5, 0.6) is 5.75 Å². The van der Waals surface area contributed by atoms with E-state index in [1.165, 1.54) is 0 Å². The van der Waals surface area contributed by atoms with Crippen LogP contribution in [-0.4, -0.2) is 24.1 Å². The Morgan fingerprint density at radius 2 is 2.28 bits per heavy atom. The Bertz CT molecular complexity index is 593. The molecule has 0 aliphatic heterocycles. The van der Waals surface area contributed by atoms with Crippen LogP contribution in [0.15, 0.2) is 35.3 Å². The lowest BCUT2D eigenvalue weighted by Gasteiger charge is -2.05. The number of hydrogen-bond donors (Lipinski definition) is 2. The van der Waals surface area contributed by atoms with Crippen molar-refractivity contribution >= 4 is 0 Å². The van der Waals surface area contributed by atoms with Crippen molar-refractivity contribution in [3.8, 4) is 17.1 Å². The van der Waals surface area contributed by atoms with E-state index < -0.39 is 0 Å². The third-order valence-electron chi connectivity index (χ3n) is 2.58. The van der Waals surface area contributed by atoms with E-state index >= 15 is 0 Å². The molecule has 0 saturated carbocycles. The summed E-state index contributed by atoms with van der Waals surface area (Å²) in [5.41, 5.74) is 1.31. The molecule has 18 heavy (non-hydrogen) atoms. The molecule has 1 aromatic carbocycles. The molecule has 0 saturated heterocycles. The number of nitrogens with zero attached hydrogens (tertiary/aromatic N) is 1. The van der Waals surface area contributed by atoms with Crippen molar-refractivity contribution in [2.75, 3.05) is 14.2 Å². The molecule has 94 valence electrons. The van der Waals surface area contributed by atoms with Gasteiger partial charge in [-0.05, 0) is 19.2 Å². The highest BCUT2D eigenvalue weighted by Gasteiger charge is 2.05. The summed E-state index contributed by atoms with van der Waals surface area (Å²) in [6.45, 7) is 0.501. The minimum absolute atomic E-state index is 0.128. The largest absolute Gasteiger partial charge is 0.497 e. The summed E-state index contributed by atoms with van der Waals surface area (Å²) in [5, 5.41) is 2.92. The molecule has 0 aliphatic carbocycles. The first-order valence-corrected chi connectivity index (χ1v) is 5.62. The first-order chi connectivity index (χ1) is 8.74. The van der Waals surface area contributed by atoms with E-state index in [0.717, 1.165) is 11.3 Å². The van der Waals surface area contributed by atoms with E-state index in [2.05, 4.69) is 15.3 Å². The lowest BCUT2D eigenvalue weighted by atomic mass is 10.2. The number of nitrogens with one attached hydrogen (secondary N) is 2. The number of aromatic nitrogens is 2. The van der Waals surface area contributed by atoms with Crippen molar-refractivity contribution < 1.29 is 4.74 Å². The summed E-state index contributed by atoms with van der Waals surface area (Å²) < 4.78 is 5.14. The molecule has 1 heterocycles. The Hall–Kier alpha value is -2.14. The van der Waals surface area contributed by atoms with Crippen LogP contribution in [0.1, 0.15) is 5.56 Å². The van der Waals surface area contributed by atoms with E-state index in [4.69, 9.17) is 4.74 Å². The SMILES string of the molecule is CNCc1cnc(-c2cccc(OC)c2)[nH]c1=O. The van der Waals surface area contributed by atoms with E-state index in [1.807, 2.05) is 24.3 Å². The van der Waals surface area contributed by atoms with Crippen LogP contribution in [0.25, 0.3) is 11.4 Å². The van der Waals surface area contributed by atoms with Crippen molar-refractivity contribution in [3.05, 3.63) is 46.4 Å². The fraction of sp³-hybridized carbons (Fsp3) is 0.231. The Labute approximate surface area is 105 Å². The molecule has 0 fully saturated rings. The van der Waals surface area contributed by atoms with Crippen LogP contribution in [0, 0.1) is 0 Å². The second kappa shape index (κ2) is 5.46. The standard InChI is InChI=1S/C13H15N3O2/c1-14-7-10-8-15-12(16-13(10)17)9-4-3-5-11(6-9)18-2/h3-6,8,14H,7H2,1-2H3,(H,15,16,17). The van der Waals surface area contributed by atoms with Crippen LogP contribution >= 0.6 is 0 Å². The summed E-state index contributed by atoms with van der Waals surface area (Å²) in [5.74, 6) is 1.27. The van der Waals surface area contributed by atoms with Gasteiger partial charge in [-0.1, -0.05) is 12.1 Å². The fourth-order valence-corrected chi connectivity index (χ4v) is 1.65. The highest BCUT2D eigenvalue weighted by atomic mass is 16.5. The summed E-state index contributed by atoms with van der Waals surface area (Å²) >= 11 is 0. The lowest BCUT2D eigenvalue weighted by Crippen LogP contribution is -2.19. The van der Waals surface area contributed by atoms with Gasteiger partial charge in [0.25, 0.3) is 5.56 Å². The Kier molecular flexibility index (Phi) is 3.74. The molecular weight excluding hydrogens is 230 g/mol. The minimum atomic E-state index is -0.128. The monoisotopic (exact) mass is 245 g/mol. The number of benzene rings is 1. The van der Waals surface area contributed by atoms with Gasteiger partial charge in [-0.15, -0.1) is 0 Å². The third-order valence-corrected chi connectivity index (χ3v) is 2.58. The average Bonchev–Trinajstić information content (AvgIpc) is 2.41. The van der Waals surface area contributed by atoms with Gasteiger partial charge in [0.05, 0.1) is 7.11 Å². The van der Waals surface area contributed by atoms with Gasteiger partial charge in [-0.2, -0.15) is 0 Å². The highest BCUT2D eigenvalue weighted by Crippen LogP contribution is 2.19. The molecule has 0 radical (unpaired) electrons. The number of hydrogen-bond acceptors (Lipinski definition) is 4. The smallest absolute Gasteiger partial charge is 0.255 e. The topological polar surface area (TPSA) is 67.0 Å². The molecule has 5 nitrogen and oxygen atoms in total. The molecule has 0 bridgehead atoms. The second-order valence-electron chi connectivity index (χ2n) is 3.85. The maximum Gasteiger partial charge on any atom is 0.255 e. The lowest BCUT2D eigenvalue weighted by molar-refractivity contribution is 0.415. The highest BCUT2D eigenvalue weighted by molar-refractivity contribution is 5.57. The molecule has 0 unspecified atom stereocenters. The van der Waals surface area contributed by atoms with Gasteiger partial charge < -0.3 is 15.0 Å². The number of rotatable bonds is 4. The van der Waals surface area contributed by atoms with Gasteiger partial charge in [-0.25, -0.2) is 4.98 Å². The van der Waals surface area contributed by atoms with Crippen LogP contribution in [0.4, 0.5) is 0 Å². The first-order valence-electron chi connectivity index (χ1n) is 5.62. The van der Waals surface area contributed by atoms with Gasteiger partial charge in [0.2, 0.25) is 0 Å². The summed E-state index contributed by atoms with van der Waals surface area (Å²) in [6, 6.07) is 7.40. The normalized spacial score (nSPS) is 10.3. The van der Waals surface area contributed by atoms with Crippen molar-refractivity contribution in [2.24, 2.45) is 0 Å². The van der Waals surface area contributed by atoms with E-state index in [-0.39, 0.29) is 5.56 Å². The quantitative estimate of drug-likeness (QED) is 0.848.